The lowest BCUT2D eigenvalue weighted by molar-refractivity contribution is -0.139. The van der Waals surface area contributed by atoms with Crippen molar-refractivity contribution in [3.05, 3.63) is 0 Å². The van der Waals surface area contributed by atoms with Crippen LogP contribution in [-0.2, 0) is 9.47 Å². The van der Waals surface area contributed by atoms with Crippen molar-refractivity contribution in [2.75, 3.05) is 19.8 Å². The van der Waals surface area contributed by atoms with E-state index in [1.54, 1.807) is 0 Å². The molecule has 0 aromatic heterocycles. The maximum Gasteiger partial charge on any atom is 0.158 e. The molecule has 1 fully saturated rings. The van der Waals surface area contributed by atoms with E-state index in [1.165, 1.54) is 19.3 Å². The molecule has 0 radical (unpaired) electrons. The molecule has 1 aliphatic rings. The molecule has 96 valence electrons. The highest BCUT2D eigenvalue weighted by Crippen LogP contribution is 2.29. The zero-order chi connectivity index (χ0) is 11.8. The average Bonchev–Trinajstić information content (AvgIpc) is 2.15. The zero-order valence-electron chi connectivity index (χ0n) is 11.0. The van der Waals surface area contributed by atoms with Crippen LogP contribution in [0.2, 0.25) is 0 Å². The Bertz CT molecular complexity index is 165. The molecule has 1 atom stereocenters. The summed E-state index contributed by atoms with van der Waals surface area (Å²) < 4.78 is 11.0. The van der Waals surface area contributed by atoms with Crippen LogP contribution in [0.1, 0.15) is 46.5 Å². The minimum atomic E-state index is -0.0314. The molecule has 0 saturated heterocycles. The van der Waals surface area contributed by atoms with Crippen LogP contribution >= 0.6 is 0 Å². The van der Waals surface area contributed by atoms with Crippen LogP contribution in [0.5, 0.6) is 0 Å². The van der Waals surface area contributed by atoms with Gasteiger partial charge in [-0.15, -0.1) is 0 Å². The summed E-state index contributed by atoms with van der Waals surface area (Å²) in [6, 6.07) is 0.651. The normalized spacial score (nSPS) is 18.8. The molecule has 0 aromatic carbocycles. The van der Waals surface area contributed by atoms with E-state index in [0.29, 0.717) is 6.04 Å². The Morgan fingerprint density at radius 3 is 2.25 bits per heavy atom. The van der Waals surface area contributed by atoms with Crippen molar-refractivity contribution >= 4 is 0 Å². The molecule has 1 N–H and O–H groups in total. The lowest BCUT2D eigenvalue weighted by atomic mass is 9.80. The summed E-state index contributed by atoms with van der Waals surface area (Å²) in [7, 11) is 0. The molecule has 1 unspecified atom stereocenters. The largest absolute Gasteiger partial charge is 0.353 e. The maximum absolute atomic E-state index is 5.50. The Morgan fingerprint density at radius 1 is 1.19 bits per heavy atom. The highest BCUT2D eigenvalue weighted by molar-refractivity contribution is 4.79. The monoisotopic (exact) mass is 229 g/mol. The van der Waals surface area contributed by atoms with Crippen LogP contribution in [0.4, 0.5) is 0 Å². The van der Waals surface area contributed by atoms with Gasteiger partial charge in [0.15, 0.2) is 6.29 Å². The second-order valence-electron chi connectivity index (χ2n) is 4.56. The fourth-order valence-corrected chi connectivity index (χ4v) is 2.12. The van der Waals surface area contributed by atoms with Crippen LogP contribution in [0.25, 0.3) is 0 Å². The fraction of sp³-hybridized carbons (Fsp3) is 1.00. The Hall–Kier alpha value is -0.120. The first kappa shape index (κ1) is 13.9. The predicted octanol–water partition coefficient (Wildman–Crippen LogP) is 2.55. The number of ether oxygens (including phenoxy) is 2. The fourth-order valence-electron chi connectivity index (χ4n) is 2.12. The molecule has 3 nitrogen and oxygen atoms in total. The van der Waals surface area contributed by atoms with Crippen LogP contribution < -0.4 is 5.32 Å². The molecule has 1 rings (SSSR count). The van der Waals surface area contributed by atoms with Crippen LogP contribution in [0.3, 0.4) is 0 Å². The Kier molecular flexibility index (Phi) is 7.01. The SMILES string of the molecule is CCOC(CCNC(C)C1CCC1)OCC. The van der Waals surface area contributed by atoms with Crippen molar-refractivity contribution in [3.63, 3.8) is 0 Å². The highest BCUT2D eigenvalue weighted by atomic mass is 16.7. The van der Waals surface area contributed by atoms with Crippen LogP contribution in [0, 0.1) is 5.92 Å². The van der Waals surface area contributed by atoms with Crippen molar-refractivity contribution in [2.24, 2.45) is 5.92 Å². The Labute approximate surface area is 99.9 Å². The summed E-state index contributed by atoms with van der Waals surface area (Å²) >= 11 is 0. The van der Waals surface area contributed by atoms with Crippen molar-refractivity contribution in [3.8, 4) is 0 Å². The minimum Gasteiger partial charge on any atom is -0.353 e. The summed E-state index contributed by atoms with van der Waals surface area (Å²) in [5.74, 6) is 0.901. The van der Waals surface area contributed by atoms with Crippen LogP contribution in [-0.4, -0.2) is 32.1 Å². The van der Waals surface area contributed by atoms with Crippen LogP contribution in [0.15, 0.2) is 0 Å². The van der Waals surface area contributed by atoms with Gasteiger partial charge in [-0.3, -0.25) is 0 Å². The van der Waals surface area contributed by atoms with E-state index >= 15 is 0 Å². The van der Waals surface area contributed by atoms with E-state index in [4.69, 9.17) is 9.47 Å². The highest BCUT2D eigenvalue weighted by Gasteiger charge is 2.23. The van der Waals surface area contributed by atoms with Gasteiger partial charge in [0.2, 0.25) is 0 Å². The molecule has 1 aliphatic carbocycles. The maximum atomic E-state index is 5.50. The zero-order valence-corrected chi connectivity index (χ0v) is 11.0. The molecule has 0 aromatic rings. The molecular formula is C13H27NO2. The van der Waals surface area contributed by atoms with Gasteiger partial charge in [0, 0.05) is 32.2 Å². The van der Waals surface area contributed by atoms with Crippen molar-refractivity contribution in [1.82, 2.24) is 5.32 Å². The molecular weight excluding hydrogens is 202 g/mol. The summed E-state index contributed by atoms with van der Waals surface area (Å²) in [6.45, 7) is 8.75. The van der Waals surface area contributed by atoms with Gasteiger partial charge in [-0.1, -0.05) is 6.42 Å². The smallest absolute Gasteiger partial charge is 0.158 e. The summed E-state index contributed by atoms with van der Waals surface area (Å²) in [6.07, 6.45) is 5.12. The van der Waals surface area contributed by atoms with E-state index in [9.17, 15) is 0 Å². The van der Waals surface area contributed by atoms with Gasteiger partial charge < -0.3 is 14.8 Å². The lowest BCUT2D eigenvalue weighted by Gasteiger charge is -2.32. The summed E-state index contributed by atoms with van der Waals surface area (Å²) in [5, 5.41) is 3.57. The van der Waals surface area contributed by atoms with Gasteiger partial charge in [0.05, 0.1) is 0 Å². The van der Waals surface area contributed by atoms with E-state index in [2.05, 4.69) is 12.2 Å². The van der Waals surface area contributed by atoms with Gasteiger partial charge in [-0.05, 0) is 39.5 Å². The third-order valence-corrected chi connectivity index (χ3v) is 3.41. The third-order valence-electron chi connectivity index (χ3n) is 3.41. The number of hydrogen-bond acceptors (Lipinski definition) is 3. The summed E-state index contributed by atoms with van der Waals surface area (Å²) in [4.78, 5) is 0. The second kappa shape index (κ2) is 8.04. The Morgan fingerprint density at radius 2 is 1.81 bits per heavy atom. The Balaban J connectivity index is 2.06. The average molecular weight is 229 g/mol. The van der Waals surface area contributed by atoms with E-state index in [-0.39, 0.29) is 6.29 Å². The molecule has 16 heavy (non-hydrogen) atoms. The molecule has 3 heteroatoms. The first-order valence-corrected chi connectivity index (χ1v) is 6.74. The number of hydrogen-bond donors (Lipinski definition) is 1. The van der Waals surface area contributed by atoms with Gasteiger partial charge in [0.1, 0.15) is 0 Å². The minimum absolute atomic E-state index is 0.0314. The van der Waals surface area contributed by atoms with E-state index < -0.39 is 0 Å². The van der Waals surface area contributed by atoms with Gasteiger partial charge in [0.25, 0.3) is 0 Å². The van der Waals surface area contributed by atoms with E-state index in [1.807, 2.05) is 13.8 Å². The molecule has 0 aliphatic heterocycles. The number of nitrogens with one attached hydrogen (secondary N) is 1. The molecule has 1 saturated carbocycles. The van der Waals surface area contributed by atoms with Gasteiger partial charge >= 0.3 is 0 Å². The molecule has 0 heterocycles. The first-order chi connectivity index (χ1) is 7.77. The van der Waals surface area contributed by atoms with Crippen molar-refractivity contribution in [2.45, 2.75) is 58.8 Å². The predicted molar refractivity (Wildman–Crippen MR) is 66.5 cm³/mol. The van der Waals surface area contributed by atoms with Crippen molar-refractivity contribution in [1.29, 1.82) is 0 Å². The third kappa shape index (κ3) is 4.81. The quantitative estimate of drug-likeness (QED) is 0.616. The number of rotatable bonds is 9. The molecule has 0 bridgehead atoms. The first-order valence-electron chi connectivity index (χ1n) is 6.74. The summed E-state index contributed by atoms with van der Waals surface area (Å²) in [5.41, 5.74) is 0. The standard InChI is InChI=1S/C13H27NO2/c1-4-15-13(16-5-2)9-10-14-11(3)12-7-6-8-12/h11-14H,4-10H2,1-3H3. The van der Waals surface area contributed by atoms with Gasteiger partial charge in [-0.25, -0.2) is 0 Å². The lowest BCUT2D eigenvalue weighted by Crippen LogP contribution is -2.38. The van der Waals surface area contributed by atoms with E-state index in [0.717, 1.165) is 32.1 Å². The topological polar surface area (TPSA) is 30.5 Å². The molecule has 0 spiro atoms. The van der Waals surface area contributed by atoms with Gasteiger partial charge in [-0.2, -0.15) is 0 Å². The second-order valence-corrected chi connectivity index (χ2v) is 4.56. The van der Waals surface area contributed by atoms with Crippen molar-refractivity contribution < 1.29 is 9.47 Å². The molecule has 0 amide bonds.